The van der Waals surface area contributed by atoms with Crippen molar-refractivity contribution in [2.75, 3.05) is 24.7 Å². The Hall–Kier alpha value is -2.84. The first-order valence-electron chi connectivity index (χ1n) is 9.26. The summed E-state index contributed by atoms with van der Waals surface area (Å²) in [5, 5.41) is 7.98. The molecule has 1 fully saturated rings. The van der Waals surface area contributed by atoms with Crippen molar-refractivity contribution in [1.29, 1.82) is 0 Å². The number of ether oxygens (including phenoxy) is 1. The summed E-state index contributed by atoms with van der Waals surface area (Å²) in [5.41, 5.74) is 2.39. The van der Waals surface area contributed by atoms with E-state index >= 15 is 0 Å². The maximum Gasteiger partial charge on any atom is 0.175 e. The van der Waals surface area contributed by atoms with Gasteiger partial charge in [0.2, 0.25) is 0 Å². The monoisotopic (exact) mass is 392 g/mol. The Bertz CT molecular complexity index is 1090. The predicted molar refractivity (Wildman–Crippen MR) is 109 cm³/mol. The second kappa shape index (κ2) is 7.29. The van der Waals surface area contributed by atoms with Crippen molar-refractivity contribution in [3.63, 3.8) is 0 Å². The number of anilines is 1. The van der Waals surface area contributed by atoms with Crippen molar-refractivity contribution in [3.8, 4) is 0 Å². The maximum absolute atomic E-state index is 5.77. The van der Waals surface area contributed by atoms with Gasteiger partial charge in [0, 0.05) is 6.54 Å². The molecule has 8 heteroatoms. The molecule has 0 spiro atoms. The lowest BCUT2D eigenvalue weighted by molar-refractivity contribution is 0.0914. The first-order valence-corrected chi connectivity index (χ1v) is 10.1. The van der Waals surface area contributed by atoms with Crippen LogP contribution in [0.2, 0.25) is 0 Å². The zero-order valence-electron chi connectivity index (χ0n) is 15.5. The van der Waals surface area contributed by atoms with E-state index in [4.69, 9.17) is 9.84 Å². The number of aryl methyl sites for hydroxylation is 1. The number of morpholine rings is 1. The SMILES string of the molecule is Cc1csc2ncnc(N3CCOCC3c3ncn(Cc4ccccc4)n3)c12. The van der Waals surface area contributed by atoms with Crippen LogP contribution in [0.25, 0.3) is 10.2 Å². The first kappa shape index (κ1) is 17.3. The van der Waals surface area contributed by atoms with E-state index in [9.17, 15) is 0 Å². The number of thiophene rings is 1. The lowest BCUT2D eigenvalue weighted by atomic mass is 10.1. The van der Waals surface area contributed by atoms with Gasteiger partial charge in [-0.25, -0.2) is 19.6 Å². The van der Waals surface area contributed by atoms with Gasteiger partial charge in [0.05, 0.1) is 25.1 Å². The second-order valence-electron chi connectivity index (χ2n) is 6.87. The van der Waals surface area contributed by atoms with Gasteiger partial charge >= 0.3 is 0 Å². The molecule has 0 radical (unpaired) electrons. The fourth-order valence-electron chi connectivity index (χ4n) is 3.60. The molecule has 4 heterocycles. The smallest absolute Gasteiger partial charge is 0.175 e. The van der Waals surface area contributed by atoms with Crippen molar-refractivity contribution >= 4 is 27.4 Å². The van der Waals surface area contributed by atoms with Crippen LogP contribution in [-0.4, -0.2) is 44.5 Å². The average Bonchev–Trinajstić information content (AvgIpc) is 3.36. The highest BCUT2D eigenvalue weighted by Crippen LogP contribution is 2.35. The third-order valence-corrected chi connectivity index (χ3v) is 5.98. The van der Waals surface area contributed by atoms with Crippen molar-refractivity contribution < 1.29 is 4.74 Å². The molecule has 4 aromatic rings. The van der Waals surface area contributed by atoms with Gasteiger partial charge in [0.1, 0.15) is 29.3 Å². The Morgan fingerprint density at radius 1 is 1.18 bits per heavy atom. The maximum atomic E-state index is 5.77. The third-order valence-electron chi connectivity index (χ3n) is 4.97. The molecule has 3 aromatic heterocycles. The lowest BCUT2D eigenvalue weighted by Crippen LogP contribution is -2.40. The molecule has 0 aliphatic carbocycles. The third kappa shape index (κ3) is 3.14. The Labute approximate surface area is 166 Å². The highest BCUT2D eigenvalue weighted by Gasteiger charge is 2.30. The van der Waals surface area contributed by atoms with Gasteiger partial charge in [-0.2, -0.15) is 5.10 Å². The molecule has 28 heavy (non-hydrogen) atoms. The molecule has 1 atom stereocenters. The fourth-order valence-corrected chi connectivity index (χ4v) is 4.48. The zero-order chi connectivity index (χ0) is 18.9. The van der Waals surface area contributed by atoms with Gasteiger partial charge in [-0.3, -0.25) is 0 Å². The number of rotatable bonds is 4. The Morgan fingerprint density at radius 2 is 2.07 bits per heavy atom. The van der Waals surface area contributed by atoms with Crippen LogP contribution in [0.15, 0.2) is 48.4 Å². The molecule has 1 saturated heterocycles. The molecular weight excluding hydrogens is 372 g/mol. The highest BCUT2D eigenvalue weighted by atomic mass is 32.1. The molecule has 7 nitrogen and oxygen atoms in total. The Balaban J connectivity index is 1.47. The standard InChI is InChI=1S/C20H20N6OS/c1-14-11-28-20-17(14)19(21-12-22-20)26-7-8-27-10-16(26)18-23-13-25(24-18)9-15-5-3-2-4-6-15/h2-6,11-13,16H,7-10H2,1H3. The molecule has 0 amide bonds. The average molecular weight is 392 g/mol. The number of fused-ring (bicyclic) bond motifs is 1. The van der Waals surface area contributed by atoms with Crippen molar-refractivity contribution in [1.82, 2.24) is 24.7 Å². The number of nitrogens with zero attached hydrogens (tertiary/aromatic N) is 6. The van der Waals surface area contributed by atoms with Gasteiger partial charge < -0.3 is 9.64 Å². The lowest BCUT2D eigenvalue weighted by Gasteiger charge is -2.35. The summed E-state index contributed by atoms with van der Waals surface area (Å²) in [5.74, 6) is 1.70. The van der Waals surface area contributed by atoms with E-state index in [0.717, 1.165) is 28.4 Å². The largest absolute Gasteiger partial charge is 0.377 e. The van der Waals surface area contributed by atoms with E-state index in [1.54, 1.807) is 24.0 Å². The van der Waals surface area contributed by atoms with Crippen molar-refractivity contribution in [2.45, 2.75) is 19.5 Å². The zero-order valence-corrected chi connectivity index (χ0v) is 16.3. The molecule has 1 aliphatic heterocycles. The van der Waals surface area contributed by atoms with Crippen LogP contribution in [0.3, 0.4) is 0 Å². The molecule has 5 rings (SSSR count). The minimum absolute atomic E-state index is 0.0665. The quantitative estimate of drug-likeness (QED) is 0.531. The van der Waals surface area contributed by atoms with Gasteiger partial charge in [-0.1, -0.05) is 30.3 Å². The summed E-state index contributed by atoms with van der Waals surface area (Å²) in [6.45, 7) is 4.76. The van der Waals surface area contributed by atoms with E-state index in [2.05, 4.69) is 44.3 Å². The van der Waals surface area contributed by atoms with Gasteiger partial charge in [0.25, 0.3) is 0 Å². The van der Waals surface area contributed by atoms with Gasteiger partial charge in [0.15, 0.2) is 5.82 Å². The molecular formula is C20H20N6OS. The summed E-state index contributed by atoms with van der Waals surface area (Å²) in [7, 11) is 0. The Morgan fingerprint density at radius 3 is 2.96 bits per heavy atom. The summed E-state index contributed by atoms with van der Waals surface area (Å²) in [4.78, 5) is 16.9. The number of hydrogen-bond acceptors (Lipinski definition) is 7. The van der Waals surface area contributed by atoms with E-state index in [1.807, 2.05) is 22.9 Å². The molecule has 1 aromatic carbocycles. The van der Waals surface area contributed by atoms with Crippen molar-refractivity contribution in [3.05, 3.63) is 65.3 Å². The van der Waals surface area contributed by atoms with Crippen LogP contribution in [0.5, 0.6) is 0 Å². The van der Waals surface area contributed by atoms with Gasteiger partial charge in [-0.15, -0.1) is 11.3 Å². The molecule has 0 saturated carbocycles. The second-order valence-corrected chi connectivity index (χ2v) is 7.72. The normalized spacial score (nSPS) is 17.3. The van der Waals surface area contributed by atoms with E-state index in [0.29, 0.717) is 19.8 Å². The van der Waals surface area contributed by atoms with Crippen LogP contribution < -0.4 is 4.90 Å². The van der Waals surface area contributed by atoms with E-state index in [-0.39, 0.29) is 6.04 Å². The number of aromatic nitrogens is 5. The summed E-state index contributed by atoms with van der Waals surface area (Å²) in [6.07, 6.45) is 3.43. The minimum Gasteiger partial charge on any atom is -0.377 e. The van der Waals surface area contributed by atoms with E-state index in [1.165, 1.54) is 11.1 Å². The summed E-state index contributed by atoms with van der Waals surface area (Å²) in [6, 6.07) is 10.2. The van der Waals surface area contributed by atoms with Crippen LogP contribution in [0, 0.1) is 6.92 Å². The fraction of sp³-hybridized carbons (Fsp3) is 0.300. The highest BCUT2D eigenvalue weighted by molar-refractivity contribution is 7.17. The molecule has 0 N–H and O–H groups in total. The van der Waals surface area contributed by atoms with Crippen LogP contribution in [0.1, 0.15) is 23.0 Å². The Kier molecular flexibility index (Phi) is 4.50. The number of hydrogen-bond donors (Lipinski definition) is 0. The summed E-state index contributed by atoms with van der Waals surface area (Å²) < 4.78 is 7.65. The van der Waals surface area contributed by atoms with Crippen molar-refractivity contribution in [2.24, 2.45) is 0 Å². The molecule has 1 aliphatic rings. The van der Waals surface area contributed by atoms with Gasteiger partial charge in [-0.05, 0) is 23.4 Å². The van der Waals surface area contributed by atoms with Crippen LogP contribution >= 0.6 is 11.3 Å². The summed E-state index contributed by atoms with van der Waals surface area (Å²) >= 11 is 1.65. The predicted octanol–water partition coefficient (Wildman–Crippen LogP) is 3.22. The van der Waals surface area contributed by atoms with E-state index < -0.39 is 0 Å². The molecule has 1 unspecified atom stereocenters. The molecule has 142 valence electrons. The van der Waals surface area contributed by atoms with Crippen LogP contribution in [0.4, 0.5) is 5.82 Å². The molecule has 0 bridgehead atoms. The van der Waals surface area contributed by atoms with Crippen LogP contribution in [-0.2, 0) is 11.3 Å². The first-order chi connectivity index (χ1) is 13.8. The topological polar surface area (TPSA) is 69.0 Å². The minimum atomic E-state index is -0.0665. The number of benzene rings is 1.